The van der Waals surface area contributed by atoms with Crippen molar-refractivity contribution in [2.75, 3.05) is 13.2 Å². The van der Waals surface area contributed by atoms with Crippen LogP contribution >= 0.6 is 15.9 Å². The van der Waals surface area contributed by atoms with Crippen LogP contribution in [0.5, 0.6) is 5.75 Å². The van der Waals surface area contributed by atoms with Gasteiger partial charge in [0.25, 0.3) is 0 Å². The van der Waals surface area contributed by atoms with E-state index in [4.69, 9.17) is 10.5 Å². The predicted molar refractivity (Wildman–Crippen MR) is 76.9 cm³/mol. The largest absolute Gasteiger partial charge is 0.491 e. The van der Waals surface area contributed by atoms with Crippen molar-refractivity contribution < 1.29 is 14.6 Å². The topological polar surface area (TPSA) is 84.6 Å². The van der Waals surface area contributed by atoms with Crippen LogP contribution in [-0.2, 0) is 4.79 Å². The van der Waals surface area contributed by atoms with Gasteiger partial charge >= 0.3 is 0 Å². The molecule has 106 valence electrons. The Labute approximate surface area is 121 Å². The maximum Gasteiger partial charge on any atom is 0.237 e. The van der Waals surface area contributed by atoms with E-state index in [2.05, 4.69) is 21.2 Å². The molecule has 1 aromatic rings. The molecule has 1 unspecified atom stereocenters. The molecule has 0 aromatic heterocycles. The van der Waals surface area contributed by atoms with E-state index in [-0.39, 0.29) is 13.2 Å². The highest BCUT2D eigenvalue weighted by molar-refractivity contribution is 9.10. The van der Waals surface area contributed by atoms with Crippen LogP contribution in [0.25, 0.3) is 0 Å². The van der Waals surface area contributed by atoms with Gasteiger partial charge in [-0.05, 0) is 32.0 Å². The number of carbonyl (C=O) groups is 1. The zero-order valence-electron chi connectivity index (χ0n) is 11.0. The average molecular weight is 331 g/mol. The van der Waals surface area contributed by atoms with Crippen LogP contribution in [0.3, 0.4) is 0 Å². The molecule has 0 radical (unpaired) electrons. The first-order valence-corrected chi connectivity index (χ1v) is 6.72. The third-order valence-electron chi connectivity index (χ3n) is 2.63. The van der Waals surface area contributed by atoms with Gasteiger partial charge in [0.15, 0.2) is 0 Å². The van der Waals surface area contributed by atoms with E-state index < -0.39 is 17.6 Å². The number of aliphatic hydroxyl groups is 1. The highest BCUT2D eigenvalue weighted by atomic mass is 79.9. The first-order chi connectivity index (χ1) is 8.81. The zero-order valence-corrected chi connectivity index (χ0v) is 12.6. The third kappa shape index (κ3) is 5.59. The summed E-state index contributed by atoms with van der Waals surface area (Å²) < 4.78 is 6.35. The van der Waals surface area contributed by atoms with Gasteiger partial charge < -0.3 is 20.9 Å². The number of amides is 1. The molecule has 6 heteroatoms. The molecule has 0 saturated carbocycles. The molecule has 1 amide bonds. The lowest BCUT2D eigenvalue weighted by Crippen LogP contribution is -2.53. The third-order valence-corrected chi connectivity index (χ3v) is 3.13. The van der Waals surface area contributed by atoms with Crippen molar-refractivity contribution in [3.8, 4) is 5.75 Å². The fraction of sp³-hybridized carbons (Fsp3) is 0.462. The molecule has 1 aromatic carbocycles. The molecule has 1 atom stereocenters. The van der Waals surface area contributed by atoms with E-state index in [0.717, 1.165) is 4.47 Å². The molecule has 0 aliphatic carbocycles. The molecule has 0 heterocycles. The van der Waals surface area contributed by atoms with Crippen LogP contribution in [0, 0.1) is 0 Å². The van der Waals surface area contributed by atoms with Crippen molar-refractivity contribution in [1.82, 2.24) is 5.32 Å². The number of aliphatic hydroxyl groups excluding tert-OH is 1. The number of halogens is 1. The fourth-order valence-electron chi connectivity index (χ4n) is 1.27. The fourth-order valence-corrected chi connectivity index (χ4v) is 1.65. The van der Waals surface area contributed by atoms with Gasteiger partial charge in [0.05, 0.1) is 5.54 Å². The summed E-state index contributed by atoms with van der Waals surface area (Å²) in [5, 5.41) is 12.7. The molecule has 0 aliphatic heterocycles. The van der Waals surface area contributed by atoms with Gasteiger partial charge in [0.1, 0.15) is 18.5 Å². The lowest BCUT2D eigenvalue weighted by atomic mass is 10.1. The van der Waals surface area contributed by atoms with Gasteiger partial charge in [0, 0.05) is 11.0 Å². The van der Waals surface area contributed by atoms with E-state index >= 15 is 0 Å². The van der Waals surface area contributed by atoms with Crippen molar-refractivity contribution in [1.29, 1.82) is 0 Å². The molecule has 4 N–H and O–H groups in total. The van der Waals surface area contributed by atoms with Crippen LogP contribution in [0.4, 0.5) is 0 Å². The highest BCUT2D eigenvalue weighted by Crippen LogP contribution is 2.17. The number of hydrogen-bond donors (Lipinski definition) is 3. The van der Waals surface area contributed by atoms with Crippen LogP contribution in [0.2, 0.25) is 0 Å². The quantitative estimate of drug-likeness (QED) is 0.697. The number of nitrogens with two attached hydrogens (primary N) is 1. The Hall–Kier alpha value is -1.11. The first kappa shape index (κ1) is 15.9. The minimum Gasteiger partial charge on any atom is -0.491 e. The van der Waals surface area contributed by atoms with Crippen molar-refractivity contribution in [3.63, 3.8) is 0 Å². The van der Waals surface area contributed by atoms with Gasteiger partial charge in [-0.1, -0.05) is 22.0 Å². The summed E-state index contributed by atoms with van der Waals surface area (Å²) in [4.78, 5) is 11.1. The second-order valence-electron chi connectivity index (χ2n) is 4.79. The lowest BCUT2D eigenvalue weighted by molar-refractivity contribution is -0.123. The summed E-state index contributed by atoms with van der Waals surface area (Å²) in [6, 6.07) is 7.35. The van der Waals surface area contributed by atoms with Gasteiger partial charge in [-0.15, -0.1) is 0 Å². The highest BCUT2D eigenvalue weighted by Gasteiger charge is 2.24. The van der Waals surface area contributed by atoms with E-state index in [9.17, 15) is 9.90 Å². The molecule has 0 saturated heterocycles. The summed E-state index contributed by atoms with van der Waals surface area (Å²) in [6.07, 6.45) is -0.724. The Balaban J connectivity index is 2.36. The number of hydrogen-bond acceptors (Lipinski definition) is 4. The Kier molecular flexibility index (Phi) is 5.78. The Morgan fingerprint density at radius 2 is 2.26 bits per heavy atom. The van der Waals surface area contributed by atoms with Crippen molar-refractivity contribution in [2.45, 2.75) is 25.5 Å². The van der Waals surface area contributed by atoms with Gasteiger partial charge in [0.2, 0.25) is 5.91 Å². The number of benzene rings is 1. The Morgan fingerprint density at radius 3 is 2.84 bits per heavy atom. The average Bonchev–Trinajstić information content (AvgIpc) is 2.34. The van der Waals surface area contributed by atoms with E-state index in [0.29, 0.717) is 5.75 Å². The van der Waals surface area contributed by atoms with Gasteiger partial charge in [-0.2, -0.15) is 0 Å². The summed E-state index contributed by atoms with van der Waals surface area (Å²) in [5.74, 6) is 0.204. The number of rotatable bonds is 7. The molecular formula is C13H19BrN2O3. The number of ether oxygens (including phenoxy) is 1. The molecule has 19 heavy (non-hydrogen) atoms. The first-order valence-electron chi connectivity index (χ1n) is 5.92. The van der Waals surface area contributed by atoms with Gasteiger partial charge in [-0.25, -0.2) is 0 Å². The minimum absolute atomic E-state index is 0.137. The van der Waals surface area contributed by atoms with Crippen LogP contribution in [0.15, 0.2) is 28.7 Å². The molecule has 0 aliphatic rings. The second kappa shape index (κ2) is 6.88. The molecule has 1 rings (SSSR count). The molecule has 5 nitrogen and oxygen atoms in total. The molecule has 0 spiro atoms. The molecule has 0 fully saturated rings. The summed E-state index contributed by atoms with van der Waals surface area (Å²) in [7, 11) is 0. The van der Waals surface area contributed by atoms with Crippen molar-refractivity contribution in [3.05, 3.63) is 28.7 Å². The predicted octanol–water partition coefficient (Wildman–Crippen LogP) is 1.04. The monoisotopic (exact) mass is 330 g/mol. The van der Waals surface area contributed by atoms with E-state index in [1.807, 2.05) is 18.2 Å². The van der Waals surface area contributed by atoms with Crippen molar-refractivity contribution in [2.24, 2.45) is 5.73 Å². The van der Waals surface area contributed by atoms with E-state index in [1.165, 1.54) is 0 Å². The lowest BCUT2D eigenvalue weighted by Gasteiger charge is -2.24. The maximum absolute atomic E-state index is 11.1. The summed E-state index contributed by atoms with van der Waals surface area (Å²) in [6.45, 7) is 3.69. The maximum atomic E-state index is 11.1. The zero-order chi connectivity index (χ0) is 14.5. The second-order valence-corrected chi connectivity index (χ2v) is 5.71. The van der Waals surface area contributed by atoms with Crippen LogP contribution in [0.1, 0.15) is 13.8 Å². The Morgan fingerprint density at radius 1 is 1.58 bits per heavy atom. The molecular weight excluding hydrogens is 312 g/mol. The SMILES string of the molecule is CC(C)(NCC(O)COc1cccc(Br)c1)C(N)=O. The van der Waals surface area contributed by atoms with Gasteiger partial charge in [-0.3, -0.25) is 4.79 Å². The number of nitrogens with one attached hydrogen (secondary N) is 1. The smallest absolute Gasteiger partial charge is 0.237 e. The summed E-state index contributed by atoms with van der Waals surface area (Å²) in [5.41, 5.74) is 4.37. The molecule has 0 bridgehead atoms. The van der Waals surface area contributed by atoms with Crippen LogP contribution < -0.4 is 15.8 Å². The minimum atomic E-state index is -0.850. The normalized spacial score (nSPS) is 13.1. The van der Waals surface area contributed by atoms with E-state index in [1.54, 1.807) is 19.9 Å². The van der Waals surface area contributed by atoms with Crippen LogP contribution in [-0.4, -0.2) is 35.8 Å². The standard InChI is InChI=1S/C13H19BrN2O3/c1-13(2,12(15)18)16-7-10(17)8-19-11-5-3-4-9(14)6-11/h3-6,10,16-17H,7-8H2,1-2H3,(H2,15,18). The van der Waals surface area contributed by atoms with Crippen molar-refractivity contribution >= 4 is 21.8 Å². The Bertz CT molecular complexity index is 438. The number of carbonyl (C=O) groups excluding carboxylic acids is 1. The number of β-amino-alcohol motifs (C(OH)–C–C–N with tert-alkyl or cyclic N) is 1. The number of primary amides is 1. The summed E-state index contributed by atoms with van der Waals surface area (Å²) >= 11 is 3.34.